The number of nitrogens with one attached hydrogen (secondary N) is 1. The van der Waals surface area contributed by atoms with E-state index >= 15 is 0 Å². The van der Waals surface area contributed by atoms with Gasteiger partial charge in [0, 0.05) is 23.6 Å². The Morgan fingerprint density at radius 2 is 1.92 bits per heavy atom. The summed E-state index contributed by atoms with van der Waals surface area (Å²) in [4.78, 5) is 12.8. The quantitative estimate of drug-likeness (QED) is 0.657. The predicted molar refractivity (Wildman–Crippen MR) is 106 cm³/mol. The van der Waals surface area contributed by atoms with Crippen molar-refractivity contribution in [1.29, 1.82) is 0 Å². The molecule has 3 rings (SSSR count). The third-order valence-electron chi connectivity index (χ3n) is 4.27. The van der Waals surface area contributed by atoms with Gasteiger partial charge in [0.25, 0.3) is 5.91 Å². The number of carbonyl (C=O) groups is 1. The molecular formula is C18H18BrN3O3S. The highest BCUT2D eigenvalue weighted by molar-refractivity contribution is 9.10. The van der Waals surface area contributed by atoms with E-state index in [1.165, 1.54) is 6.07 Å². The average molecular weight is 436 g/mol. The first-order chi connectivity index (χ1) is 12.2. The largest absolute Gasteiger partial charge is 0.339 e. The minimum Gasteiger partial charge on any atom is -0.339 e. The van der Waals surface area contributed by atoms with Crippen LogP contribution < -0.4 is 10.5 Å². The van der Waals surface area contributed by atoms with Crippen LogP contribution in [0.4, 0.5) is 5.69 Å². The van der Waals surface area contributed by atoms with Crippen molar-refractivity contribution in [2.24, 2.45) is 12.2 Å². The summed E-state index contributed by atoms with van der Waals surface area (Å²) < 4.78 is 26.1. The highest BCUT2D eigenvalue weighted by atomic mass is 79.9. The van der Waals surface area contributed by atoms with Gasteiger partial charge in [0.1, 0.15) is 5.69 Å². The van der Waals surface area contributed by atoms with Crippen LogP contribution in [0.5, 0.6) is 0 Å². The second kappa shape index (κ2) is 6.86. The molecule has 1 heterocycles. The average Bonchev–Trinajstić information content (AvgIpc) is 2.85. The number of para-hydroxylation sites is 1. The van der Waals surface area contributed by atoms with Gasteiger partial charge >= 0.3 is 0 Å². The number of halogens is 1. The van der Waals surface area contributed by atoms with E-state index in [-0.39, 0.29) is 10.8 Å². The van der Waals surface area contributed by atoms with Gasteiger partial charge in [-0.2, -0.15) is 0 Å². The topological polar surface area (TPSA) is 94.2 Å². The number of hydrogen-bond acceptors (Lipinski definition) is 3. The molecule has 1 amide bonds. The number of nitrogens with zero attached hydrogens (tertiary/aromatic N) is 1. The third-order valence-corrected chi connectivity index (χ3v) is 6.07. The predicted octanol–water partition coefficient (Wildman–Crippen LogP) is 3.40. The lowest BCUT2D eigenvalue weighted by molar-refractivity contribution is 0.101. The van der Waals surface area contributed by atoms with Crippen molar-refractivity contribution in [2.45, 2.75) is 18.2 Å². The fourth-order valence-corrected chi connectivity index (χ4v) is 4.63. The molecule has 0 aliphatic heterocycles. The van der Waals surface area contributed by atoms with E-state index in [4.69, 9.17) is 5.14 Å². The first kappa shape index (κ1) is 18.6. The summed E-state index contributed by atoms with van der Waals surface area (Å²) in [6, 6.07) is 12.4. The minimum absolute atomic E-state index is 0.0221. The van der Waals surface area contributed by atoms with Crippen LogP contribution in [-0.4, -0.2) is 18.9 Å². The van der Waals surface area contributed by atoms with E-state index in [2.05, 4.69) is 21.2 Å². The Balaban J connectivity index is 2.02. The fourth-order valence-electron chi connectivity index (χ4n) is 2.98. The number of carbonyl (C=O) groups excluding carboxylic acids is 1. The second-order valence-corrected chi connectivity index (χ2v) is 8.24. The lowest BCUT2D eigenvalue weighted by atomic mass is 10.1. The number of primary sulfonamides is 1. The molecule has 0 aliphatic carbocycles. The van der Waals surface area contributed by atoms with Crippen LogP contribution in [0.1, 0.15) is 23.0 Å². The van der Waals surface area contributed by atoms with E-state index in [1.807, 2.05) is 31.2 Å². The van der Waals surface area contributed by atoms with Gasteiger partial charge < -0.3 is 9.88 Å². The molecular weight excluding hydrogens is 418 g/mol. The maximum atomic E-state index is 12.8. The van der Waals surface area contributed by atoms with E-state index in [1.54, 1.807) is 23.7 Å². The molecule has 0 bridgehead atoms. The molecule has 136 valence electrons. The SMILES string of the molecule is CCc1ccc(NC(=O)c2c(Br)c3ccccc3n2C)cc1S(N)(=O)=O. The first-order valence-corrected chi connectivity index (χ1v) is 10.3. The van der Waals surface area contributed by atoms with Crippen molar-refractivity contribution >= 4 is 48.5 Å². The number of nitrogens with two attached hydrogens (primary N) is 1. The number of aryl methyl sites for hydroxylation is 2. The summed E-state index contributed by atoms with van der Waals surface area (Å²) in [5, 5.41) is 8.97. The Morgan fingerprint density at radius 3 is 2.54 bits per heavy atom. The maximum Gasteiger partial charge on any atom is 0.273 e. The lowest BCUT2D eigenvalue weighted by Gasteiger charge is -2.11. The first-order valence-electron chi connectivity index (χ1n) is 7.94. The highest BCUT2D eigenvalue weighted by Crippen LogP contribution is 2.31. The molecule has 0 unspecified atom stereocenters. The van der Waals surface area contributed by atoms with Crippen LogP contribution >= 0.6 is 15.9 Å². The van der Waals surface area contributed by atoms with Gasteiger partial charge in [-0.05, 0) is 46.1 Å². The van der Waals surface area contributed by atoms with E-state index in [0.29, 0.717) is 27.8 Å². The molecule has 3 aromatic rings. The van der Waals surface area contributed by atoms with Gasteiger partial charge in [-0.15, -0.1) is 0 Å². The third kappa shape index (κ3) is 3.27. The second-order valence-electron chi connectivity index (χ2n) is 5.91. The van der Waals surface area contributed by atoms with Crippen molar-refractivity contribution in [1.82, 2.24) is 4.57 Å². The van der Waals surface area contributed by atoms with Crippen LogP contribution in [-0.2, 0) is 23.5 Å². The fraction of sp³-hybridized carbons (Fsp3) is 0.167. The standard InChI is InChI=1S/C18H18BrN3O3S/c1-3-11-8-9-12(10-15(11)26(20,24)25)21-18(23)17-16(19)13-6-4-5-7-14(13)22(17)2/h4-10H,3H2,1-2H3,(H,21,23)(H2,20,24,25). The lowest BCUT2D eigenvalue weighted by Crippen LogP contribution is -2.18. The molecule has 0 fully saturated rings. The molecule has 0 saturated heterocycles. The molecule has 0 aliphatic rings. The van der Waals surface area contributed by atoms with Gasteiger partial charge in [-0.3, -0.25) is 4.79 Å². The van der Waals surface area contributed by atoms with Crippen LogP contribution in [0.3, 0.4) is 0 Å². The summed E-state index contributed by atoms with van der Waals surface area (Å²) in [7, 11) is -2.07. The van der Waals surface area contributed by atoms with Gasteiger partial charge in [0.2, 0.25) is 10.0 Å². The smallest absolute Gasteiger partial charge is 0.273 e. The molecule has 1 aromatic heterocycles. The molecule has 8 heteroatoms. The Morgan fingerprint density at radius 1 is 1.23 bits per heavy atom. The Labute approximate surface area is 160 Å². The van der Waals surface area contributed by atoms with Gasteiger partial charge in [0.05, 0.1) is 9.37 Å². The van der Waals surface area contributed by atoms with Crippen molar-refractivity contribution < 1.29 is 13.2 Å². The number of anilines is 1. The number of rotatable bonds is 4. The molecule has 2 aromatic carbocycles. The highest BCUT2D eigenvalue weighted by Gasteiger charge is 2.20. The van der Waals surface area contributed by atoms with Crippen molar-refractivity contribution in [2.75, 3.05) is 5.32 Å². The molecule has 6 nitrogen and oxygen atoms in total. The molecule has 0 spiro atoms. The monoisotopic (exact) mass is 435 g/mol. The number of aromatic nitrogens is 1. The van der Waals surface area contributed by atoms with Crippen LogP contribution in [0.25, 0.3) is 10.9 Å². The Kier molecular flexibility index (Phi) is 4.92. The number of fused-ring (bicyclic) bond motifs is 1. The normalized spacial score (nSPS) is 11.7. The molecule has 3 N–H and O–H groups in total. The van der Waals surface area contributed by atoms with Crippen LogP contribution in [0, 0.1) is 0 Å². The zero-order valence-electron chi connectivity index (χ0n) is 14.3. The van der Waals surface area contributed by atoms with Crippen molar-refractivity contribution in [3.05, 3.63) is 58.2 Å². The zero-order valence-corrected chi connectivity index (χ0v) is 16.7. The summed E-state index contributed by atoms with van der Waals surface area (Å²) >= 11 is 3.49. The summed E-state index contributed by atoms with van der Waals surface area (Å²) in [5.41, 5.74) is 2.34. The van der Waals surface area contributed by atoms with Gasteiger partial charge in [-0.1, -0.05) is 31.2 Å². The summed E-state index contributed by atoms with van der Waals surface area (Å²) in [6.07, 6.45) is 0.523. The van der Waals surface area contributed by atoms with Gasteiger partial charge in [0.15, 0.2) is 0 Å². The van der Waals surface area contributed by atoms with E-state index in [0.717, 1.165) is 10.9 Å². The Bertz CT molecular complexity index is 1080. The summed E-state index contributed by atoms with van der Waals surface area (Å²) in [5.74, 6) is -0.347. The van der Waals surface area contributed by atoms with E-state index in [9.17, 15) is 13.2 Å². The Hall–Kier alpha value is -2.16. The van der Waals surface area contributed by atoms with E-state index < -0.39 is 10.0 Å². The zero-order chi connectivity index (χ0) is 19.1. The number of sulfonamides is 1. The van der Waals surface area contributed by atoms with Gasteiger partial charge in [-0.25, -0.2) is 13.6 Å². The molecule has 0 atom stereocenters. The van der Waals surface area contributed by atoms with Crippen molar-refractivity contribution in [3.63, 3.8) is 0 Å². The minimum atomic E-state index is -3.87. The number of hydrogen-bond donors (Lipinski definition) is 2. The van der Waals surface area contributed by atoms with Crippen molar-refractivity contribution in [3.8, 4) is 0 Å². The molecule has 0 radical (unpaired) electrons. The number of amides is 1. The summed E-state index contributed by atoms with van der Waals surface area (Å²) in [6.45, 7) is 1.84. The molecule has 0 saturated carbocycles. The number of benzene rings is 2. The van der Waals surface area contributed by atoms with Crippen LogP contribution in [0.2, 0.25) is 0 Å². The van der Waals surface area contributed by atoms with Crippen LogP contribution in [0.15, 0.2) is 51.8 Å². The maximum absolute atomic E-state index is 12.8. The molecule has 26 heavy (non-hydrogen) atoms.